The van der Waals surface area contributed by atoms with E-state index in [2.05, 4.69) is 5.32 Å². The molecule has 0 aromatic heterocycles. The lowest BCUT2D eigenvalue weighted by Crippen LogP contribution is -2.41. The Labute approximate surface area is 109 Å². The van der Waals surface area contributed by atoms with E-state index in [9.17, 15) is 5.11 Å². The predicted octanol–water partition coefficient (Wildman–Crippen LogP) is 1.48. The summed E-state index contributed by atoms with van der Waals surface area (Å²) in [6, 6.07) is 7.27. The second-order valence-electron chi connectivity index (χ2n) is 4.46. The molecule has 102 valence electrons. The lowest BCUT2D eigenvalue weighted by Gasteiger charge is -2.25. The largest absolute Gasteiger partial charge is 0.497 e. The molecule has 18 heavy (non-hydrogen) atoms. The van der Waals surface area contributed by atoms with Crippen LogP contribution in [0.1, 0.15) is 31.9 Å². The van der Waals surface area contributed by atoms with Crippen LogP contribution in [0.4, 0.5) is 0 Å². The van der Waals surface area contributed by atoms with Crippen molar-refractivity contribution in [3.8, 4) is 5.75 Å². The maximum Gasteiger partial charge on any atom is 0.119 e. The van der Waals surface area contributed by atoms with Crippen molar-refractivity contribution in [2.75, 3.05) is 13.7 Å². The maximum absolute atomic E-state index is 10.2. The van der Waals surface area contributed by atoms with Gasteiger partial charge in [-0.15, -0.1) is 0 Å². The van der Waals surface area contributed by atoms with Crippen molar-refractivity contribution >= 4 is 0 Å². The highest BCUT2D eigenvalue weighted by molar-refractivity contribution is 5.30. The summed E-state index contributed by atoms with van der Waals surface area (Å²) in [4.78, 5) is 0. The van der Waals surface area contributed by atoms with Crippen molar-refractivity contribution in [2.45, 2.75) is 38.5 Å². The average Bonchev–Trinajstić information content (AvgIpc) is 2.43. The number of benzene rings is 1. The topological polar surface area (TPSA) is 61.7 Å². The van der Waals surface area contributed by atoms with Gasteiger partial charge in [0.25, 0.3) is 0 Å². The molecule has 0 amide bonds. The Kier molecular flexibility index (Phi) is 6.12. The van der Waals surface area contributed by atoms with Crippen LogP contribution in [0.2, 0.25) is 0 Å². The van der Waals surface area contributed by atoms with Crippen LogP contribution in [0.3, 0.4) is 0 Å². The van der Waals surface area contributed by atoms with Crippen LogP contribution in [0, 0.1) is 0 Å². The average molecular weight is 253 g/mol. The molecule has 4 heteroatoms. The van der Waals surface area contributed by atoms with Crippen LogP contribution in [-0.4, -0.2) is 36.0 Å². The molecule has 0 aliphatic carbocycles. The van der Waals surface area contributed by atoms with Gasteiger partial charge in [0.15, 0.2) is 0 Å². The zero-order valence-corrected chi connectivity index (χ0v) is 11.3. The molecule has 0 fully saturated rings. The molecule has 0 saturated carbocycles. The molecule has 0 heterocycles. The molecular formula is C14H23NO3. The first kappa shape index (κ1) is 15.0. The van der Waals surface area contributed by atoms with Gasteiger partial charge in [0, 0.05) is 12.1 Å². The van der Waals surface area contributed by atoms with Crippen molar-refractivity contribution in [1.82, 2.24) is 5.32 Å². The molecule has 3 atom stereocenters. The maximum atomic E-state index is 10.2. The van der Waals surface area contributed by atoms with Gasteiger partial charge in [-0.25, -0.2) is 0 Å². The third kappa shape index (κ3) is 3.98. The summed E-state index contributed by atoms with van der Waals surface area (Å²) in [7, 11) is 1.60. The predicted molar refractivity (Wildman–Crippen MR) is 71.7 cm³/mol. The molecule has 0 radical (unpaired) electrons. The van der Waals surface area contributed by atoms with E-state index < -0.39 is 6.10 Å². The minimum Gasteiger partial charge on any atom is -0.497 e. The fourth-order valence-electron chi connectivity index (χ4n) is 1.88. The van der Waals surface area contributed by atoms with Gasteiger partial charge in [-0.1, -0.05) is 19.1 Å². The summed E-state index contributed by atoms with van der Waals surface area (Å²) >= 11 is 0. The monoisotopic (exact) mass is 253 g/mol. The summed E-state index contributed by atoms with van der Waals surface area (Å²) in [5.41, 5.74) is 0.808. The van der Waals surface area contributed by atoms with Crippen LogP contribution in [-0.2, 0) is 0 Å². The van der Waals surface area contributed by atoms with Gasteiger partial charge in [0.1, 0.15) is 5.75 Å². The number of rotatable bonds is 7. The zero-order chi connectivity index (χ0) is 13.5. The number of ether oxygens (including phenoxy) is 1. The standard InChI is InChI=1S/C14H23NO3/c1-4-12(9-16)15-10(2)14(17)11-6-5-7-13(8-11)18-3/h5-8,10,12,14-17H,4,9H2,1-3H3. The first-order valence-corrected chi connectivity index (χ1v) is 6.31. The Balaban J connectivity index is 2.69. The van der Waals surface area contributed by atoms with Crippen molar-refractivity contribution in [3.05, 3.63) is 29.8 Å². The molecule has 3 N–H and O–H groups in total. The van der Waals surface area contributed by atoms with Crippen LogP contribution in [0.5, 0.6) is 5.75 Å². The lowest BCUT2D eigenvalue weighted by atomic mass is 10.0. The van der Waals surface area contributed by atoms with E-state index >= 15 is 0 Å². The van der Waals surface area contributed by atoms with Gasteiger partial charge in [-0.05, 0) is 31.0 Å². The summed E-state index contributed by atoms with van der Waals surface area (Å²) < 4.78 is 5.14. The normalized spacial score (nSPS) is 16.1. The fraction of sp³-hybridized carbons (Fsp3) is 0.571. The second-order valence-corrected chi connectivity index (χ2v) is 4.46. The molecule has 4 nitrogen and oxygen atoms in total. The smallest absolute Gasteiger partial charge is 0.119 e. The molecule has 0 aliphatic rings. The van der Waals surface area contributed by atoms with Crippen molar-refractivity contribution in [1.29, 1.82) is 0 Å². The number of aliphatic hydroxyl groups is 2. The van der Waals surface area contributed by atoms with Gasteiger partial charge in [-0.2, -0.15) is 0 Å². The van der Waals surface area contributed by atoms with E-state index in [0.29, 0.717) is 0 Å². The lowest BCUT2D eigenvalue weighted by molar-refractivity contribution is 0.118. The molecule has 1 rings (SSSR count). The quantitative estimate of drug-likeness (QED) is 0.689. The number of nitrogens with one attached hydrogen (secondary N) is 1. The Morgan fingerprint density at radius 1 is 1.39 bits per heavy atom. The summed E-state index contributed by atoms with van der Waals surface area (Å²) in [6.07, 6.45) is 0.201. The molecule has 1 aromatic rings. The highest BCUT2D eigenvalue weighted by Gasteiger charge is 2.19. The molecule has 0 aliphatic heterocycles. The van der Waals surface area contributed by atoms with E-state index in [-0.39, 0.29) is 18.7 Å². The summed E-state index contributed by atoms with van der Waals surface area (Å²) in [6.45, 7) is 3.98. The highest BCUT2D eigenvalue weighted by atomic mass is 16.5. The van der Waals surface area contributed by atoms with Crippen LogP contribution in [0.25, 0.3) is 0 Å². The molecular weight excluding hydrogens is 230 g/mol. The molecule has 3 unspecified atom stereocenters. The number of methoxy groups -OCH3 is 1. The van der Waals surface area contributed by atoms with Gasteiger partial charge < -0.3 is 20.3 Å². The molecule has 0 saturated heterocycles. The van der Waals surface area contributed by atoms with Crippen LogP contribution >= 0.6 is 0 Å². The number of aliphatic hydroxyl groups excluding tert-OH is 2. The molecule has 0 bridgehead atoms. The minimum atomic E-state index is -0.624. The first-order valence-electron chi connectivity index (χ1n) is 6.31. The minimum absolute atomic E-state index is 0.0141. The van der Waals surface area contributed by atoms with E-state index in [1.165, 1.54) is 0 Å². The number of hydrogen-bond acceptors (Lipinski definition) is 4. The Hall–Kier alpha value is -1.10. The summed E-state index contributed by atoms with van der Waals surface area (Å²) in [5, 5.41) is 22.6. The van der Waals surface area contributed by atoms with Gasteiger partial charge in [-0.3, -0.25) is 0 Å². The van der Waals surface area contributed by atoms with E-state index in [0.717, 1.165) is 17.7 Å². The first-order chi connectivity index (χ1) is 8.62. The highest BCUT2D eigenvalue weighted by Crippen LogP contribution is 2.21. The van der Waals surface area contributed by atoms with E-state index in [1.807, 2.05) is 38.1 Å². The van der Waals surface area contributed by atoms with E-state index in [4.69, 9.17) is 9.84 Å². The fourth-order valence-corrected chi connectivity index (χ4v) is 1.88. The van der Waals surface area contributed by atoms with Crippen molar-refractivity contribution < 1.29 is 14.9 Å². The zero-order valence-electron chi connectivity index (χ0n) is 11.3. The molecule has 0 spiro atoms. The molecule has 1 aromatic carbocycles. The second kappa shape index (κ2) is 7.36. The van der Waals surface area contributed by atoms with Crippen LogP contribution in [0.15, 0.2) is 24.3 Å². The Morgan fingerprint density at radius 2 is 2.11 bits per heavy atom. The third-order valence-electron chi connectivity index (χ3n) is 3.12. The SMILES string of the molecule is CCC(CO)NC(C)C(O)c1cccc(OC)c1. The van der Waals surface area contributed by atoms with Gasteiger partial charge in [0.2, 0.25) is 0 Å². The van der Waals surface area contributed by atoms with Crippen LogP contribution < -0.4 is 10.1 Å². The number of hydrogen-bond donors (Lipinski definition) is 3. The van der Waals surface area contributed by atoms with Crippen molar-refractivity contribution in [2.24, 2.45) is 0 Å². The van der Waals surface area contributed by atoms with Gasteiger partial charge >= 0.3 is 0 Å². The Morgan fingerprint density at radius 3 is 2.67 bits per heavy atom. The Bertz CT molecular complexity index is 353. The summed E-state index contributed by atoms with van der Waals surface area (Å²) in [5.74, 6) is 0.730. The van der Waals surface area contributed by atoms with Crippen molar-refractivity contribution in [3.63, 3.8) is 0 Å². The third-order valence-corrected chi connectivity index (χ3v) is 3.12. The van der Waals surface area contributed by atoms with E-state index in [1.54, 1.807) is 7.11 Å². The van der Waals surface area contributed by atoms with Gasteiger partial charge in [0.05, 0.1) is 19.8 Å².